The molecule has 3 rings (SSSR count). The Balaban J connectivity index is 0.000000624. The molecule has 1 aliphatic rings. The predicted molar refractivity (Wildman–Crippen MR) is 139 cm³/mol. The van der Waals surface area contributed by atoms with Gasteiger partial charge in [0, 0.05) is 33.1 Å². The molecule has 232 valence electrons. The molecule has 0 saturated heterocycles. The molecule has 2 aromatic rings. The van der Waals surface area contributed by atoms with E-state index in [0.717, 1.165) is 34.6 Å². The third-order valence-electron chi connectivity index (χ3n) is 5.78. The van der Waals surface area contributed by atoms with E-state index in [0.29, 0.717) is 12.1 Å². The minimum atomic E-state index is -6.05. The van der Waals surface area contributed by atoms with Crippen molar-refractivity contribution in [2.24, 2.45) is 0 Å². The molecule has 1 heterocycles. The van der Waals surface area contributed by atoms with Crippen LogP contribution in [0.15, 0.2) is 47.4 Å². The van der Waals surface area contributed by atoms with Gasteiger partial charge in [-0.15, -0.1) is 12.8 Å². The molecule has 0 aromatic heterocycles. The van der Waals surface area contributed by atoms with Gasteiger partial charge in [-0.25, -0.2) is 12.8 Å². The predicted octanol–water partition coefficient (Wildman–Crippen LogP) is 3.74. The fraction of sp³-hybridized carbons (Fsp3) is 0.385. The Hall–Kier alpha value is -3.84. The van der Waals surface area contributed by atoms with Crippen LogP contribution in [0, 0.1) is 18.7 Å². The van der Waals surface area contributed by atoms with Crippen molar-refractivity contribution < 1.29 is 53.8 Å². The summed E-state index contributed by atoms with van der Waals surface area (Å²) in [6.07, 6.45) is -3.97. The number of likely N-dealkylation sites (N-methyl/N-ethyl adjacent to an activating group) is 1. The van der Waals surface area contributed by atoms with Gasteiger partial charge in [0.15, 0.2) is 0 Å². The molecule has 0 radical (unpaired) electrons. The van der Waals surface area contributed by atoms with Gasteiger partial charge in [-0.1, -0.05) is 12.1 Å². The fourth-order valence-corrected chi connectivity index (χ4v) is 5.16. The van der Waals surface area contributed by atoms with Crippen molar-refractivity contribution >= 4 is 27.5 Å². The average molecular weight is 628 g/mol. The topological polar surface area (TPSA) is 107 Å². The number of nitrogens with one attached hydrogen (secondary N) is 1. The van der Waals surface area contributed by atoms with Gasteiger partial charge in [-0.2, -0.15) is 26.3 Å². The zero-order chi connectivity index (χ0) is 32.7. The Kier molecular flexibility index (Phi) is 12.0. The first-order chi connectivity index (χ1) is 19.2. The number of benzene rings is 2. The van der Waals surface area contributed by atoms with Gasteiger partial charge in [-0.3, -0.25) is 13.9 Å². The summed E-state index contributed by atoms with van der Waals surface area (Å²) >= 11 is 0. The number of halogens is 7. The molecule has 2 amide bonds. The molecule has 0 unspecified atom stereocenters. The number of terminal acetylenes is 1. The average Bonchev–Trinajstić information content (AvgIpc) is 2.90. The van der Waals surface area contributed by atoms with E-state index in [-0.39, 0.29) is 53.9 Å². The molecule has 0 aliphatic carbocycles. The molecule has 0 atom stereocenters. The van der Waals surface area contributed by atoms with E-state index in [9.17, 15) is 53.8 Å². The molecular formula is C26H28F7N3O5S. The van der Waals surface area contributed by atoms with Crippen LogP contribution < -0.4 is 9.62 Å². The summed E-state index contributed by atoms with van der Waals surface area (Å²) in [5, 5.41) is 12.0. The molecular weight excluding hydrogens is 599 g/mol. The lowest BCUT2D eigenvalue weighted by atomic mass is 9.89. The van der Waals surface area contributed by atoms with Crippen LogP contribution in [0.4, 0.5) is 36.4 Å². The Morgan fingerprint density at radius 2 is 1.52 bits per heavy atom. The van der Waals surface area contributed by atoms with E-state index in [1.54, 1.807) is 14.1 Å². The number of hydrogen-bond acceptors (Lipinski definition) is 5. The zero-order valence-electron chi connectivity index (χ0n) is 22.6. The Bertz CT molecular complexity index is 1360. The molecule has 1 aliphatic heterocycles. The Morgan fingerprint density at radius 3 is 1.98 bits per heavy atom. The second kappa shape index (κ2) is 13.9. The van der Waals surface area contributed by atoms with Gasteiger partial charge in [0.05, 0.1) is 17.1 Å². The lowest BCUT2D eigenvalue weighted by Crippen LogP contribution is -2.54. The van der Waals surface area contributed by atoms with Crippen molar-refractivity contribution in [2.45, 2.75) is 42.6 Å². The van der Waals surface area contributed by atoms with Crippen LogP contribution in [0.2, 0.25) is 0 Å². The first-order valence-electron chi connectivity index (χ1n) is 11.8. The number of aliphatic hydroxyl groups is 1. The van der Waals surface area contributed by atoms with Crippen molar-refractivity contribution in [3.05, 3.63) is 59.4 Å². The van der Waals surface area contributed by atoms with E-state index < -0.39 is 39.4 Å². The number of carbonyl (C=O) groups excluding carboxylic acids is 2. The van der Waals surface area contributed by atoms with Crippen LogP contribution in [-0.2, 0) is 31.6 Å². The molecule has 42 heavy (non-hydrogen) atoms. The van der Waals surface area contributed by atoms with E-state index in [2.05, 4.69) is 18.2 Å². The number of hydrogen-bond donors (Lipinski definition) is 2. The highest BCUT2D eigenvalue weighted by Crippen LogP contribution is 2.51. The van der Waals surface area contributed by atoms with Crippen LogP contribution in [0.3, 0.4) is 0 Å². The number of carbonyl (C=O) groups is 2. The zero-order valence-corrected chi connectivity index (χ0v) is 23.4. The minimum Gasteiger partial charge on any atom is -0.369 e. The monoisotopic (exact) mass is 627 g/mol. The van der Waals surface area contributed by atoms with Crippen molar-refractivity contribution in [2.75, 3.05) is 31.5 Å². The maximum Gasteiger partial charge on any atom is 0.430 e. The fourth-order valence-electron chi connectivity index (χ4n) is 3.62. The SMILES string of the molecule is C#C.CC(=O)NCC(=O)N(C)C.O=S(=O)(c1ccc(F)cc1)N1CCCc2cc(C(O)(C(F)(F)F)C(F)(F)F)ccc21. The first kappa shape index (κ1) is 36.2. The van der Waals surface area contributed by atoms with E-state index in [1.807, 2.05) is 0 Å². The summed E-state index contributed by atoms with van der Waals surface area (Å²) in [7, 11) is -0.952. The van der Waals surface area contributed by atoms with Crippen molar-refractivity contribution in [3.63, 3.8) is 0 Å². The molecule has 0 spiro atoms. The summed E-state index contributed by atoms with van der Waals surface area (Å²) in [6, 6.07) is 5.54. The number of rotatable bonds is 5. The van der Waals surface area contributed by atoms with Crippen LogP contribution in [0.1, 0.15) is 24.5 Å². The second-order valence-electron chi connectivity index (χ2n) is 8.88. The van der Waals surface area contributed by atoms with E-state index >= 15 is 0 Å². The van der Waals surface area contributed by atoms with Gasteiger partial charge in [0.2, 0.25) is 11.8 Å². The lowest BCUT2D eigenvalue weighted by Gasteiger charge is -2.35. The van der Waals surface area contributed by atoms with Gasteiger partial charge in [0.25, 0.3) is 15.6 Å². The number of amides is 2. The lowest BCUT2D eigenvalue weighted by molar-refractivity contribution is -0.376. The van der Waals surface area contributed by atoms with Crippen molar-refractivity contribution in [3.8, 4) is 12.8 Å². The van der Waals surface area contributed by atoms with E-state index in [4.69, 9.17) is 0 Å². The second-order valence-corrected chi connectivity index (χ2v) is 10.7. The maximum absolute atomic E-state index is 13.1. The minimum absolute atomic E-state index is 0.00437. The highest BCUT2D eigenvalue weighted by molar-refractivity contribution is 7.92. The molecule has 16 heteroatoms. The summed E-state index contributed by atoms with van der Waals surface area (Å²) in [5.41, 5.74) is -6.77. The number of aryl methyl sites for hydroxylation is 1. The third-order valence-corrected chi connectivity index (χ3v) is 7.61. The summed E-state index contributed by atoms with van der Waals surface area (Å²) in [5.74, 6) is -0.971. The smallest absolute Gasteiger partial charge is 0.369 e. The van der Waals surface area contributed by atoms with Crippen LogP contribution in [0.25, 0.3) is 0 Å². The number of fused-ring (bicyclic) bond motifs is 1. The number of anilines is 1. The van der Waals surface area contributed by atoms with Crippen molar-refractivity contribution in [1.82, 2.24) is 10.2 Å². The quantitative estimate of drug-likeness (QED) is 0.388. The van der Waals surface area contributed by atoms with Crippen LogP contribution in [-0.4, -0.2) is 69.8 Å². The highest BCUT2D eigenvalue weighted by Gasteiger charge is 2.71. The van der Waals surface area contributed by atoms with Crippen LogP contribution in [0.5, 0.6) is 0 Å². The standard InChI is InChI=1S/C18H14F7NO3S.C6H12N2O2.C2H2/c19-13-4-6-14(7-5-13)30(28,29)26-9-1-2-11-10-12(3-8-15(11)26)16(27,17(20,21)22)18(23,24)25;1-5(9)7-4-6(10)8(2)3;1-2/h3-8,10,27H,1-2,9H2;4H2,1-3H3,(H,7,9);1-2H. The Labute approximate surface area is 238 Å². The number of alkyl halides is 6. The van der Waals surface area contributed by atoms with E-state index in [1.165, 1.54) is 11.8 Å². The first-order valence-corrected chi connectivity index (χ1v) is 13.2. The largest absolute Gasteiger partial charge is 0.430 e. The molecule has 0 saturated carbocycles. The normalized spacial score (nSPS) is 13.4. The molecule has 2 aromatic carbocycles. The maximum atomic E-state index is 13.1. The number of sulfonamides is 1. The van der Waals surface area contributed by atoms with Gasteiger partial charge in [-0.05, 0) is 48.7 Å². The van der Waals surface area contributed by atoms with Gasteiger partial charge in [0.1, 0.15) is 5.82 Å². The molecule has 0 bridgehead atoms. The van der Waals surface area contributed by atoms with Crippen molar-refractivity contribution in [1.29, 1.82) is 0 Å². The van der Waals surface area contributed by atoms with Gasteiger partial charge >= 0.3 is 12.4 Å². The van der Waals surface area contributed by atoms with Gasteiger partial charge < -0.3 is 15.3 Å². The summed E-state index contributed by atoms with van der Waals surface area (Å²) in [6.45, 7) is 1.39. The summed E-state index contributed by atoms with van der Waals surface area (Å²) < 4.78 is 118. The highest BCUT2D eigenvalue weighted by atomic mass is 32.2. The van der Waals surface area contributed by atoms with Crippen LogP contribution >= 0.6 is 0 Å². The summed E-state index contributed by atoms with van der Waals surface area (Å²) in [4.78, 5) is 22.2. The Morgan fingerprint density at radius 1 is 1.00 bits per heavy atom. The molecule has 8 nitrogen and oxygen atoms in total. The third kappa shape index (κ3) is 8.13. The number of nitrogens with zero attached hydrogens (tertiary/aromatic N) is 2. The molecule has 2 N–H and O–H groups in total. The molecule has 0 fully saturated rings.